The number of carbonyl (C=O) groups excluding carboxylic acids is 2. The van der Waals surface area contributed by atoms with Gasteiger partial charge in [-0.1, -0.05) is 11.6 Å². The molecule has 0 spiro atoms. The van der Waals surface area contributed by atoms with E-state index in [9.17, 15) is 14.0 Å². The molecule has 2 amide bonds. The number of primary amides is 1. The van der Waals surface area contributed by atoms with Gasteiger partial charge in [-0.2, -0.15) is 0 Å². The summed E-state index contributed by atoms with van der Waals surface area (Å²) in [5, 5.41) is 3.24. The van der Waals surface area contributed by atoms with Gasteiger partial charge in [-0.25, -0.2) is 9.37 Å². The molecule has 2 atom stereocenters. The van der Waals surface area contributed by atoms with Crippen molar-refractivity contribution in [2.45, 2.75) is 63.3 Å². The summed E-state index contributed by atoms with van der Waals surface area (Å²) in [6.07, 6.45) is 5.11. The van der Waals surface area contributed by atoms with E-state index in [1.54, 1.807) is 19.9 Å². The van der Waals surface area contributed by atoms with E-state index in [2.05, 4.69) is 15.2 Å². The van der Waals surface area contributed by atoms with Gasteiger partial charge in [0.15, 0.2) is 5.60 Å². The van der Waals surface area contributed by atoms with Crippen LogP contribution in [0, 0.1) is 5.82 Å². The molecule has 32 heavy (non-hydrogen) atoms. The topological polar surface area (TPSA) is 97.5 Å². The molecule has 2 aliphatic heterocycles. The van der Waals surface area contributed by atoms with Crippen LogP contribution >= 0.6 is 11.6 Å². The Morgan fingerprint density at radius 2 is 1.91 bits per heavy atom. The van der Waals surface area contributed by atoms with E-state index < -0.39 is 17.3 Å². The molecule has 2 aromatic rings. The minimum Gasteiger partial charge on any atom is -0.476 e. The summed E-state index contributed by atoms with van der Waals surface area (Å²) >= 11 is 6.05. The highest BCUT2D eigenvalue weighted by Gasteiger charge is 2.43. The summed E-state index contributed by atoms with van der Waals surface area (Å²) in [5.74, 6) is -0.138. The van der Waals surface area contributed by atoms with Crippen molar-refractivity contribution < 1.29 is 18.7 Å². The maximum absolute atomic E-state index is 13.3. The molecule has 1 aromatic carbocycles. The summed E-state index contributed by atoms with van der Waals surface area (Å²) in [6.45, 7) is 3.33. The third-order valence-electron chi connectivity index (χ3n) is 6.17. The highest BCUT2D eigenvalue weighted by Crippen LogP contribution is 2.39. The lowest BCUT2D eigenvalue weighted by molar-refractivity contribution is -0.135. The van der Waals surface area contributed by atoms with Crippen LogP contribution in [0.3, 0.4) is 0 Å². The summed E-state index contributed by atoms with van der Waals surface area (Å²) in [5.41, 5.74) is 4.51. The number of pyridine rings is 1. The monoisotopic (exact) mass is 460 g/mol. The smallest absolute Gasteiger partial charge is 0.263 e. The van der Waals surface area contributed by atoms with Gasteiger partial charge in [0.1, 0.15) is 17.4 Å². The number of hydrogen-bond acceptors (Lipinski definition) is 5. The van der Waals surface area contributed by atoms with Gasteiger partial charge in [0.25, 0.3) is 5.91 Å². The van der Waals surface area contributed by atoms with Crippen LogP contribution in [0.1, 0.15) is 49.9 Å². The zero-order valence-electron chi connectivity index (χ0n) is 18.0. The quantitative estimate of drug-likeness (QED) is 0.688. The van der Waals surface area contributed by atoms with E-state index >= 15 is 0 Å². The molecule has 2 fully saturated rings. The standard InChI is InChI=1S/C23H26ClFN4O3/c1-23(2,32-19-7-4-14(25)9-18(19)24)22(31)28-15-10-16-5-6-17(11-15)29(16)20-8-3-13(12-27-20)21(26)30/h3-4,7-9,12,15-17H,5-6,10-11H2,1-2H3,(H2,26,30)(H,28,31). The van der Waals surface area contributed by atoms with Gasteiger partial charge in [0.2, 0.25) is 5.91 Å². The third-order valence-corrected chi connectivity index (χ3v) is 6.47. The number of amides is 2. The largest absolute Gasteiger partial charge is 0.476 e. The lowest BCUT2D eigenvalue weighted by Gasteiger charge is -2.40. The average molecular weight is 461 g/mol. The predicted octanol–water partition coefficient (Wildman–Crippen LogP) is 3.45. The van der Waals surface area contributed by atoms with Crippen LogP contribution in [0.15, 0.2) is 36.5 Å². The maximum atomic E-state index is 13.3. The highest BCUT2D eigenvalue weighted by atomic mass is 35.5. The molecule has 3 heterocycles. The summed E-state index contributed by atoms with van der Waals surface area (Å²) in [4.78, 5) is 31.0. The Bertz CT molecular complexity index is 1020. The number of ether oxygens (including phenoxy) is 1. The van der Waals surface area contributed by atoms with Crippen LogP contribution in [0.25, 0.3) is 0 Å². The lowest BCUT2D eigenvalue weighted by atomic mass is 9.96. The number of nitrogens with zero attached hydrogens (tertiary/aromatic N) is 2. The van der Waals surface area contributed by atoms with Gasteiger partial charge in [0.05, 0.1) is 10.6 Å². The minimum absolute atomic E-state index is 0.00714. The molecule has 4 rings (SSSR count). The molecular formula is C23H26ClFN4O3. The second kappa shape index (κ2) is 8.58. The number of anilines is 1. The van der Waals surface area contributed by atoms with E-state index in [4.69, 9.17) is 22.1 Å². The van der Waals surface area contributed by atoms with Crippen LogP contribution < -0.4 is 20.7 Å². The number of carbonyl (C=O) groups is 2. The first kappa shape index (κ1) is 22.3. The second-order valence-electron chi connectivity index (χ2n) is 8.89. The normalized spacial score (nSPS) is 22.5. The molecule has 1 aromatic heterocycles. The molecule has 2 saturated heterocycles. The van der Waals surface area contributed by atoms with Gasteiger partial charge < -0.3 is 20.7 Å². The Hall–Kier alpha value is -2.87. The average Bonchev–Trinajstić information content (AvgIpc) is 3.00. The summed E-state index contributed by atoms with van der Waals surface area (Å²) in [7, 11) is 0. The first-order valence-corrected chi connectivity index (χ1v) is 11.0. The van der Waals surface area contributed by atoms with E-state index in [1.165, 1.54) is 18.3 Å². The first-order valence-electron chi connectivity index (χ1n) is 10.6. The number of hydrogen-bond donors (Lipinski definition) is 2. The van der Waals surface area contributed by atoms with Crippen LogP contribution in [-0.4, -0.2) is 40.5 Å². The molecule has 0 saturated carbocycles. The van der Waals surface area contributed by atoms with Gasteiger partial charge in [-0.05, 0) is 69.9 Å². The summed E-state index contributed by atoms with van der Waals surface area (Å²) in [6, 6.07) is 7.85. The summed E-state index contributed by atoms with van der Waals surface area (Å²) < 4.78 is 19.1. The van der Waals surface area contributed by atoms with E-state index in [0.717, 1.165) is 37.6 Å². The molecule has 170 valence electrons. The highest BCUT2D eigenvalue weighted by molar-refractivity contribution is 6.32. The number of halogens is 2. The Morgan fingerprint density at radius 3 is 2.47 bits per heavy atom. The molecule has 2 unspecified atom stereocenters. The fourth-order valence-corrected chi connectivity index (χ4v) is 4.80. The van der Waals surface area contributed by atoms with Crippen molar-refractivity contribution >= 4 is 29.2 Å². The number of nitrogens with one attached hydrogen (secondary N) is 1. The Kier molecular flexibility index (Phi) is 5.99. The zero-order valence-corrected chi connectivity index (χ0v) is 18.7. The maximum Gasteiger partial charge on any atom is 0.263 e. The van der Waals surface area contributed by atoms with Gasteiger partial charge in [-0.3, -0.25) is 9.59 Å². The van der Waals surface area contributed by atoms with Crippen molar-refractivity contribution in [2.75, 3.05) is 4.90 Å². The van der Waals surface area contributed by atoms with Crippen molar-refractivity contribution in [3.8, 4) is 5.75 Å². The Balaban J connectivity index is 1.40. The molecule has 7 nitrogen and oxygen atoms in total. The van der Waals surface area contributed by atoms with Crippen molar-refractivity contribution in [3.63, 3.8) is 0 Å². The number of fused-ring (bicyclic) bond motifs is 2. The number of aromatic nitrogens is 1. The van der Waals surface area contributed by atoms with E-state index in [0.29, 0.717) is 5.56 Å². The fraction of sp³-hybridized carbons (Fsp3) is 0.435. The lowest BCUT2D eigenvalue weighted by Crippen LogP contribution is -2.55. The van der Waals surface area contributed by atoms with Crippen molar-refractivity contribution in [1.82, 2.24) is 10.3 Å². The van der Waals surface area contributed by atoms with Crippen LogP contribution in [-0.2, 0) is 4.79 Å². The van der Waals surface area contributed by atoms with Crippen LogP contribution in [0.2, 0.25) is 5.02 Å². The van der Waals surface area contributed by atoms with Crippen molar-refractivity contribution in [1.29, 1.82) is 0 Å². The first-order chi connectivity index (χ1) is 15.1. The Labute approximate surface area is 191 Å². The number of piperidine rings is 1. The SMILES string of the molecule is CC(C)(Oc1ccc(F)cc1Cl)C(=O)NC1CC2CCC(C1)N2c1ccc(C(N)=O)cn1. The minimum atomic E-state index is -1.18. The number of nitrogens with two attached hydrogens (primary N) is 1. The number of rotatable bonds is 6. The molecule has 9 heteroatoms. The van der Waals surface area contributed by atoms with Crippen LogP contribution in [0.5, 0.6) is 5.75 Å². The van der Waals surface area contributed by atoms with Gasteiger partial charge in [-0.15, -0.1) is 0 Å². The van der Waals surface area contributed by atoms with Crippen molar-refractivity contribution in [2.24, 2.45) is 5.73 Å². The van der Waals surface area contributed by atoms with Gasteiger partial charge >= 0.3 is 0 Å². The van der Waals surface area contributed by atoms with Crippen molar-refractivity contribution in [3.05, 3.63) is 52.9 Å². The molecular weight excluding hydrogens is 435 g/mol. The van der Waals surface area contributed by atoms with E-state index in [-0.39, 0.29) is 34.8 Å². The molecule has 0 radical (unpaired) electrons. The molecule has 3 N–H and O–H groups in total. The zero-order chi connectivity index (χ0) is 23.0. The third kappa shape index (κ3) is 4.50. The fourth-order valence-electron chi connectivity index (χ4n) is 4.59. The molecule has 2 bridgehead atoms. The number of benzene rings is 1. The van der Waals surface area contributed by atoms with Crippen LogP contribution in [0.4, 0.5) is 10.2 Å². The van der Waals surface area contributed by atoms with E-state index in [1.807, 2.05) is 6.07 Å². The molecule has 0 aliphatic carbocycles. The van der Waals surface area contributed by atoms with Gasteiger partial charge in [0, 0.05) is 24.3 Å². The molecule has 2 aliphatic rings. The predicted molar refractivity (Wildman–Crippen MR) is 119 cm³/mol. The second-order valence-corrected chi connectivity index (χ2v) is 9.30. The Morgan fingerprint density at radius 1 is 1.22 bits per heavy atom.